The predicted octanol–water partition coefficient (Wildman–Crippen LogP) is 2.43. The summed E-state index contributed by atoms with van der Waals surface area (Å²) in [7, 11) is 0. The lowest BCUT2D eigenvalue weighted by molar-refractivity contribution is -0.380. The molecule has 2 N–H and O–H groups in total. The molecule has 10 nitrogen and oxygen atoms in total. The summed E-state index contributed by atoms with van der Waals surface area (Å²) in [6.45, 7) is 2.49. The van der Waals surface area contributed by atoms with Crippen molar-refractivity contribution < 1.29 is 24.0 Å². The van der Waals surface area contributed by atoms with Crippen LogP contribution in [0.5, 0.6) is 5.75 Å². The highest BCUT2D eigenvalue weighted by atomic mass is 32.1. The zero-order valence-electron chi connectivity index (χ0n) is 14.3. The summed E-state index contributed by atoms with van der Waals surface area (Å²) in [5.74, 6) is -1.09. The number of ether oxygens (including phenoxy) is 2. The third-order valence-electron chi connectivity index (χ3n) is 3.67. The normalized spacial score (nSPS) is 16.0. The summed E-state index contributed by atoms with van der Waals surface area (Å²) < 4.78 is 10.5. The van der Waals surface area contributed by atoms with Crippen LogP contribution in [0.2, 0.25) is 0 Å². The molecular weight excluding hydrogens is 376 g/mol. The largest absolute Gasteiger partial charge is 0.426 e. The van der Waals surface area contributed by atoms with Crippen LogP contribution in [0.15, 0.2) is 24.4 Å². The Morgan fingerprint density at radius 2 is 2.26 bits per heavy atom. The maximum Gasteiger partial charge on any atom is 0.345 e. The van der Waals surface area contributed by atoms with Crippen LogP contribution in [0, 0.1) is 10.1 Å². The first-order chi connectivity index (χ1) is 12.9. The first-order valence-corrected chi connectivity index (χ1v) is 8.82. The van der Waals surface area contributed by atoms with Gasteiger partial charge in [0.25, 0.3) is 5.91 Å². The van der Waals surface area contributed by atoms with Gasteiger partial charge >= 0.3 is 11.0 Å². The van der Waals surface area contributed by atoms with Crippen molar-refractivity contribution >= 4 is 39.0 Å². The van der Waals surface area contributed by atoms with Crippen molar-refractivity contribution in [3.8, 4) is 5.75 Å². The van der Waals surface area contributed by atoms with E-state index in [2.05, 4.69) is 15.6 Å². The summed E-state index contributed by atoms with van der Waals surface area (Å²) in [5.41, 5.74) is 0.791. The van der Waals surface area contributed by atoms with Gasteiger partial charge < -0.3 is 14.8 Å². The van der Waals surface area contributed by atoms with E-state index in [9.17, 15) is 19.7 Å². The second-order valence-corrected chi connectivity index (χ2v) is 6.73. The van der Waals surface area contributed by atoms with Crippen LogP contribution in [0.3, 0.4) is 0 Å². The van der Waals surface area contributed by atoms with E-state index in [1.807, 2.05) is 0 Å². The number of carbonyl (C=O) groups is 2. The Kier molecular flexibility index (Phi) is 5.62. The van der Waals surface area contributed by atoms with Crippen LogP contribution in [-0.2, 0) is 9.53 Å². The van der Waals surface area contributed by atoms with E-state index in [1.165, 1.54) is 13.0 Å². The van der Waals surface area contributed by atoms with E-state index in [1.54, 1.807) is 12.1 Å². The monoisotopic (exact) mass is 392 g/mol. The molecule has 1 amide bonds. The average Bonchev–Trinajstić information content (AvgIpc) is 3.26. The Bertz CT molecular complexity index is 878. The summed E-state index contributed by atoms with van der Waals surface area (Å²) in [4.78, 5) is 37.8. The molecule has 1 aliphatic heterocycles. The molecule has 0 bridgehead atoms. The van der Waals surface area contributed by atoms with Gasteiger partial charge in [-0.25, -0.2) is 4.98 Å². The minimum absolute atomic E-state index is 0.0748. The van der Waals surface area contributed by atoms with Crippen molar-refractivity contribution in [3.05, 3.63) is 40.1 Å². The highest BCUT2D eigenvalue weighted by molar-refractivity contribution is 7.18. The SMILES string of the molecule is CC(=O)Oc1cc(NC2CCOC2)ccc1C(=O)Nc1ncc([N+](=O)[O-])s1. The van der Waals surface area contributed by atoms with E-state index in [-0.39, 0.29) is 27.5 Å². The van der Waals surface area contributed by atoms with E-state index >= 15 is 0 Å². The summed E-state index contributed by atoms with van der Waals surface area (Å²) in [6.07, 6.45) is 1.91. The van der Waals surface area contributed by atoms with Gasteiger partial charge in [-0.15, -0.1) is 0 Å². The van der Waals surface area contributed by atoms with Crippen molar-refractivity contribution in [1.29, 1.82) is 0 Å². The Hall–Kier alpha value is -3.05. The predicted molar refractivity (Wildman–Crippen MR) is 97.3 cm³/mol. The minimum Gasteiger partial charge on any atom is -0.426 e. The Labute approximate surface area is 157 Å². The topological polar surface area (TPSA) is 133 Å². The fraction of sp³-hybridized carbons (Fsp3) is 0.312. The van der Waals surface area contributed by atoms with Gasteiger partial charge in [-0.2, -0.15) is 0 Å². The molecule has 0 spiro atoms. The van der Waals surface area contributed by atoms with Crippen molar-refractivity contribution in [3.63, 3.8) is 0 Å². The van der Waals surface area contributed by atoms with Gasteiger partial charge in [0.05, 0.1) is 23.1 Å². The quantitative estimate of drug-likeness (QED) is 0.331. The van der Waals surface area contributed by atoms with Crippen molar-refractivity contribution in [2.24, 2.45) is 0 Å². The van der Waals surface area contributed by atoms with Crippen molar-refractivity contribution in [2.45, 2.75) is 19.4 Å². The van der Waals surface area contributed by atoms with Crippen LogP contribution in [0.25, 0.3) is 0 Å². The zero-order chi connectivity index (χ0) is 19.4. The van der Waals surface area contributed by atoms with Crippen LogP contribution < -0.4 is 15.4 Å². The molecule has 1 atom stereocenters. The van der Waals surface area contributed by atoms with Gasteiger partial charge in [0, 0.05) is 25.3 Å². The highest BCUT2D eigenvalue weighted by Crippen LogP contribution is 2.28. The van der Waals surface area contributed by atoms with E-state index in [0.29, 0.717) is 18.9 Å². The van der Waals surface area contributed by atoms with Gasteiger partial charge in [-0.1, -0.05) is 0 Å². The fourth-order valence-corrected chi connectivity index (χ4v) is 3.12. The van der Waals surface area contributed by atoms with Gasteiger partial charge in [0.15, 0.2) is 5.13 Å². The maximum atomic E-state index is 12.5. The smallest absolute Gasteiger partial charge is 0.345 e. The van der Waals surface area contributed by atoms with Gasteiger partial charge in [-0.3, -0.25) is 25.0 Å². The van der Waals surface area contributed by atoms with Gasteiger partial charge in [0.1, 0.15) is 11.9 Å². The van der Waals surface area contributed by atoms with Crippen LogP contribution in [-0.4, -0.2) is 41.0 Å². The number of amides is 1. The number of nitrogens with one attached hydrogen (secondary N) is 2. The number of nitrogens with zero attached hydrogens (tertiary/aromatic N) is 2. The molecule has 0 radical (unpaired) electrons. The van der Waals surface area contributed by atoms with Gasteiger partial charge in [0.2, 0.25) is 0 Å². The Morgan fingerprint density at radius 1 is 1.44 bits per heavy atom. The Morgan fingerprint density at radius 3 is 2.89 bits per heavy atom. The molecule has 1 fully saturated rings. The number of anilines is 2. The molecule has 3 rings (SSSR count). The average molecular weight is 392 g/mol. The lowest BCUT2D eigenvalue weighted by Crippen LogP contribution is -2.20. The lowest BCUT2D eigenvalue weighted by atomic mass is 10.1. The number of thiazole rings is 1. The van der Waals surface area contributed by atoms with Gasteiger partial charge in [-0.05, 0) is 29.9 Å². The van der Waals surface area contributed by atoms with E-state index in [0.717, 1.165) is 24.0 Å². The number of nitro groups is 1. The van der Waals surface area contributed by atoms with Crippen LogP contribution in [0.4, 0.5) is 15.8 Å². The summed E-state index contributed by atoms with van der Waals surface area (Å²) in [5, 5.41) is 16.3. The molecule has 11 heteroatoms. The van der Waals surface area contributed by atoms with Crippen molar-refractivity contribution in [2.75, 3.05) is 23.8 Å². The van der Waals surface area contributed by atoms with E-state index < -0.39 is 16.8 Å². The second-order valence-electron chi connectivity index (χ2n) is 5.72. The molecule has 0 aliphatic carbocycles. The lowest BCUT2D eigenvalue weighted by Gasteiger charge is -2.15. The molecule has 1 unspecified atom stereocenters. The summed E-state index contributed by atoms with van der Waals surface area (Å²) in [6, 6.07) is 4.89. The standard InChI is InChI=1S/C16H16N4O6S/c1-9(21)26-13-6-10(18-11-4-5-25-8-11)2-3-12(13)15(22)19-16-17-7-14(27-16)20(23)24/h2-3,6-7,11,18H,4-5,8H2,1H3,(H,17,19,22). The number of esters is 1. The molecule has 0 saturated carbocycles. The molecule has 1 aliphatic rings. The zero-order valence-corrected chi connectivity index (χ0v) is 15.1. The molecule has 1 saturated heterocycles. The molecule has 2 aromatic rings. The molecule has 27 heavy (non-hydrogen) atoms. The molecule has 2 heterocycles. The van der Waals surface area contributed by atoms with E-state index in [4.69, 9.17) is 9.47 Å². The fourth-order valence-electron chi connectivity index (χ4n) is 2.50. The maximum absolute atomic E-state index is 12.5. The first-order valence-electron chi connectivity index (χ1n) is 8.00. The molecular formula is C16H16N4O6S. The minimum atomic E-state index is -0.592. The molecule has 1 aromatic carbocycles. The number of benzene rings is 1. The number of carbonyl (C=O) groups excluding carboxylic acids is 2. The number of aromatic nitrogens is 1. The molecule has 1 aromatic heterocycles. The van der Waals surface area contributed by atoms with Crippen molar-refractivity contribution in [1.82, 2.24) is 4.98 Å². The third-order valence-corrected chi connectivity index (χ3v) is 4.54. The molecule has 142 valence electrons. The highest BCUT2D eigenvalue weighted by Gasteiger charge is 2.20. The summed E-state index contributed by atoms with van der Waals surface area (Å²) >= 11 is 0.732. The van der Waals surface area contributed by atoms with Crippen LogP contribution in [0.1, 0.15) is 23.7 Å². The number of rotatable bonds is 6. The Balaban J connectivity index is 1.79. The second kappa shape index (κ2) is 8.10. The number of hydrogen-bond donors (Lipinski definition) is 2. The third kappa shape index (κ3) is 4.77. The first kappa shape index (κ1) is 18.7. The number of hydrogen-bond acceptors (Lipinski definition) is 9. The van der Waals surface area contributed by atoms with Crippen LogP contribution >= 0.6 is 11.3 Å².